The van der Waals surface area contributed by atoms with E-state index >= 15 is 0 Å². The van der Waals surface area contributed by atoms with Crippen molar-refractivity contribution in [3.8, 4) is 0 Å². The minimum absolute atomic E-state index is 0. The number of carbonyl (C=O) groups excluding carboxylic acids is 1. The first-order chi connectivity index (χ1) is 3.83. The summed E-state index contributed by atoms with van der Waals surface area (Å²) in [5, 5.41) is 1.56. The standard InChI is InChI=1S/C5H7NO2.Na.H/c1-2-5(7)8-6-3-4-6;;/h2H,1,3-4H2;;. The summed E-state index contributed by atoms with van der Waals surface area (Å²) in [5.41, 5.74) is 0. The van der Waals surface area contributed by atoms with Gasteiger partial charge >= 0.3 is 35.5 Å². The molecular formula is C5H8NNaO2. The molecule has 46 valence electrons. The Kier molecular flexibility index (Phi) is 4.14. The van der Waals surface area contributed by atoms with Crippen molar-refractivity contribution in [1.29, 1.82) is 0 Å². The van der Waals surface area contributed by atoms with Gasteiger partial charge in [-0.2, -0.15) is 0 Å². The third kappa shape index (κ3) is 3.70. The SMILES string of the molecule is C=CC(=O)ON1CC1.[NaH]. The molecule has 0 unspecified atom stereocenters. The van der Waals surface area contributed by atoms with Crippen LogP contribution in [0.3, 0.4) is 0 Å². The fourth-order valence-corrected chi connectivity index (χ4v) is 0.297. The van der Waals surface area contributed by atoms with Crippen molar-refractivity contribution in [2.24, 2.45) is 0 Å². The van der Waals surface area contributed by atoms with E-state index in [4.69, 9.17) is 0 Å². The van der Waals surface area contributed by atoms with Crippen LogP contribution in [0, 0.1) is 0 Å². The van der Waals surface area contributed by atoms with Crippen LogP contribution in [0.4, 0.5) is 0 Å². The van der Waals surface area contributed by atoms with Gasteiger partial charge in [-0.3, -0.25) is 0 Å². The van der Waals surface area contributed by atoms with Crippen LogP contribution in [-0.4, -0.2) is 53.7 Å². The first kappa shape index (κ1) is 9.17. The quantitative estimate of drug-likeness (QED) is 0.286. The van der Waals surface area contributed by atoms with E-state index in [1.165, 1.54) is 0 Å². The average molecular weight is 137 g/mol. The summed E-state index contributed by atoms with van der Waals surface area (Å²) >= 11 is 0. The molecular weight excluding hydrogens is 129 g/mol. The third-order valence-corrected chi connectivity index (χ3v) is 0.792. The molecule has 1 aliphatic heterocycles. The van der Waals surface area contributed by atoms with Crippen molar-refractivity contribution >= 4 is 35.5 Å². The molecule has 0 N–H and O–H groups in total. The monoisotopic (exact) mass is 137 g/mol. The van der Waals surface area contributed by atoms with Gasteiger partial charge in [0.1, 0.15) is 0 Å². The molecule has 9 heavy (non-hydrogen) atoms. The Morgan fingerprint density at radius 1 is 1.67 bits per heavy atom. The zero-order valence-electron chi connectivity index (χ0n) is 4.46. The Bertz CT molecular complexity index is 122. The molecule has 0 bridgehead atoms. The molecule has 1 fully saturated rings. The van der Waals surface area contributed by atoms with E-state index in [0.717, 1.165) is 19.2 Å². The third-order valence-electron chi connectivity index (χ3n) is 0.792. The van der Waals surface area contributed by atoms with Crippen LogP contribution in [0.5, 0.6) is 0 Å². The number of hydrogen-bond donors (Lipinski definition) is 0. The summed E-state index contributed by atoms with van der Waals surface area (Å²) in [6, 6.07) is 0. The van der Waals surface area contributed by atoms with Gasteiger partial charge in [0.05, 0.1) is 13.1 Å². The van der Waals surface area contributed by atoms with Gasteiger partial charge in [0, 0.05) is 6.08 Å². The number of nitrogens with zero attached hydrogens (tertiary/aromatic N) is 1. The van der Waals surface area contributed by atoms with Crippen molar-refractivity contribution in [2.75, 3.05) is 13.1 Å². The van der Waals surface area contributed by atoms with Crippen molar-refractivity contribution in [2.45, 2.75) is 0 Å². The molecule has 4 heteroatoms. The van der Waals surface area contributed by atoms with E-state index in [9.17, 15) is 4.79 Å². The summed E-state index contributed by atoms with van der Waals surface area (Å²) < 4.78 is 0. The number of rotatable bonds is 2. The Balaban J connectivity index is 0.000000640. The molecule has 0 radical (unpaired) electrons. The van der Waals surface area contributed by atoms with Crippen molar-refractivity contribution in [3.63, 3.8) is 0 Å². The topological polar surface area (TPSA) is 29.3 Å². The van der Waals surface area contributed by atoms with E-state index in [2.05, 4.69) is 11.4 Å². The molecule has 3 nitrogen and oxygen atoms in total. The van der Waals surface area contributed by atoms with Crippen LogP contribution in [0.2, 0.25) is 0 Å². The molecule has 0 spiro atoms. The fourth-order valence-electron chi connectivity index (χ4n) is 0.297. The van der Waals surface area contributed by atoms with E-state index in [1.807, 2.05) is 0 Å². The van der Waals surface area contributed by atoms with Crippen LogP contribution in [-0.2, 0) is 9.63 Å². The van der Waals surface area contributed by atoms with Gasteiger partial charge < -0.3 is 4.84 Å². The van der Waals surface area contributed by atoms with Gasteiger partial charge in [0.2, 0.25) is 0 Å². The van der Waals surface area contributed by atoms with Gasteiger partial charge in [0.15, 0.2) is 0 Å². The molecule has 1 rings (SSSR count). The Morgan fingerprint density at radius 2 is 2.22 bits per heavy atom. The fraction of sp³-hybridized carbons (Fsp3) is 0.400. The maximum atomic E-state index is 10.3. The second kappa shape index (κ2) is 4.06. The number of hydroxylamine groups is 2. The number of carbonyl (C=O) groups is 1. The van der Waals surface area contributed by atoms with Gasteiger partial charge in [-0.25, -0.2) is 4.79 Å². The van der Waals surface area contributed by atoms with Crippen molar-refractivity contribution < 1.29 is 9.63 Å². The summed E-state index contributed by atoms with van der Waals surface area (Å²) in [7, 11) is 0. The molecule has 0 aliphatic carbocycles. The van der Waals surface area contributed by atoms with Crippen LogP contribution in [0.15, 0.2) is 12.7 Å². The zero-order chi connectivity index (χ0) is 5.98. The molecule has 0 aromatic heterocycles. The van der Waals surface area contributed by atoms with Gasteiger partial charge in [-0.05, 0) is 0 Å². The summed E-state index contributed by atoms with van der Waals surface area (Å²) in [4.78, 5) is 14.9. The molecule has 0 aromatic carbocycles. The Morgan fingerprint density at radius 3 is 2.56 bits per heavy atom. The zero-order valence-corrected chi connectivity index (χ0v) is 4.46. The maximum absolute atomic E-state index is 10.3. The Hall–Kier alpha value is 0.170. The van der Waals surface area contributed by atoms with Crippen LogP contribution < -0.4 is 0 Å². The normalized spacial score (nSPS) is 15.6. The predicted octanol–water partition coefficient (Wildman–Crippen LogP) is -0.702. The van der Waals surface area contributed by atoms with Crippen LogP contribution in [0.1, 0.15) is 0 Å². The van der Waals surface area contributed by atoms with E-state index in [1.54, 1.807) is 5.06 Å². The van der Waals surface area contributed by atoms with Crippen molar-refractivity contribution in [1.82, 2.24) is 5.06 Å². The molecule has 0 saturated carbocycles. The minimum atomic E-state index is -0.373. The second-order valence-electron chi connectivity index (χ2n) is 1.54. The van der Waals surface area contributed by atoms with Gasteiger partial charge in [-0.15, -0.1) is 5.06 Å². The van der Waals surface area contributed by atoms with Crippen LogP contribution in [0.25, 0.3) is 0 Å². The summed E-state index contributed by atoms with van der Waals surface area (Å²) in [5.74, 6) is -0.373. The first-order valence-electron chi connectivity index (χ1n) is 2.42. The predicted molar refractivity (Wildman–Crippen MR) is 35.0 cm³/mol. The molecule has 0 aromatic rings. The Labute approximate surface area is 75.9 Å². The van der Waals surface area contributed by atoms with Gasteiger partial charge in [0.25, 0.3) is 0 Å². The van der Waals surface area contributed by atoms with E-state index in [0.29, 0.717) is 0 Å². The molecule has 1 heterocycles. The summed E-state index contributed by atoms with van der Waals surface area (Å²) in [6.07, 6.45) is 1.15. The van der Waals surface area contributed by atoms with E-state index < -0.39 is 0 Å². The molecule has 0 amide bonds. The molecule has 1 aliphatic rings. The molecule has 0 atom stereocenters. The second-order valence-corrected chi connectivity index (χ2v) is 1.54. The first-order valence-corrected chi connectivity index (χ1v) is 2.42. The van der Waals surface area contributed by atoms with E-state index in [-0.39, 0.29) is 35.5 Å². The van der Waals surface area contributed by atoms with Gasteiger partial charge in [-0.1, -0.05) is 6.58 Å². The van der Waals surface area contributed by atoms with Crippen molar-refractivity contribution in [3.05, 3.63) is 12.7 Å². The number of hydrogen-bond acceptors (Lipinski definition) is 3. The van der Waals surface area contributed by atoms with Crippen LogP contribution >= 0.6 is 0 Å². The summed E-state index contributed by atoms with van der Waals surface area (Å²) in [6.45, 7) is 4.96. The average Bonchev–Trinajstić information content (AvgIpc) is 2.50. The molecule has 1 saturated heterocycles.